The molecule has 1 atom stereocenters. The summed E-state index contributed by atoms with van der Waals surface area (Å²) < 4.78 is 0. The van der Waals surface area contributed by atoms with Crippen molar-refractivity contribution in [3.63, 3.8) is 0 Å². The summed E-state index contributed by atoms with van der Waals surface area (Å²) in [6.07, 6.45) is 11.1. The first-order valence-electron chi connectivity index (χ1n) is 20.6. The van der Waals surface area contributed by atoms with Gasteiger partial charge < -0.3 is 32.3 Å². The molecule has 4 heterocycles. The molecule has 3 aromatic rings. The molecule has 6 amide bonds. The molecule has 8 N–H and O–H groups in total. The van der Waals surface area contributed by atoms with Crippen LogP contribution in [0.3, 0.4) is 0 Å². The molecule has 1 unspecified atom stereocenters. The molecule has 3 aliphatic heterocycles. The number of carbonyl (C=O) groups is 6. The number of amides is 6. The third-order valence-corrected chi connectivity index (χ3v) is 12.5. The number of anilines is 4. The van der Waals surface area contributed by atoms with Crippen molar-refractivity contribution in [1.29, 1.82) is 0 Å². The predicted octanol–water partition coefficient (Wildman–Crippen LogP) is 5.26. The predicted molar refractivity (Wildman–Crippen MR) is 231 cm³/mol. The van der Waals surface area contributed by atoms with Crippen molar-refractivity contribution in [3.05, 3.63) is 58.7 Å². The maximum Gasteiger partial charge on any atom is 0.264 e. The summed E-state index contributed by atoms with van der Waals surface area (Å²) in [6, 6.07) is 9.28. The zero-order valence-electron chi connectivity index (χ0n) is 33.8. The summed E-state index contributed by atoms with van der Waals surface area (Å²) in [5.41, 5.74) is 13.8. The van der Waals surface area contributed by atoms with Gasteiger partial charge in [-0.1, -0.05) is 74.0 Å². The van der Waals surface area contributed by atoms with E-state index in [2.05, 4.69) is 43.1 Å². The van der Waals surface area contributed by atoms with Crippen molar-refractivity contribution in [1.82, 2.24) is 25.5 Å². The van der Waals surface area contributed by atoms with Crippen molar-refractivity contribution < 1.29 is 28.8 Å². The van der Waals surface area contributed by atoms with Gasteiger partial charge in [0.25, 0.3) is 11.8 Å². The highest BCUT2D eigenvalue weighted by molar-refractivity contribution is 7.99. The zero-order chi connectivity index (χ0) is 42.8. The topological polar surface area (TPSA) is 235 Å². The molecule has 1 aromatic heterocycles. The van der Waals surface area contributed by atoms with Crippen LogP contribution in [0.5, 0.6) is 0 Å². The fourth-order valence-corrected chi connectivity index (χ4v) is 8.58. The van der Waals surface area contributed by atoms with E-state index in [1.807, 2.05) is 0 Å². The largest absolute Gasteiger partial charge is 0.384 e. The molecule has 18 heteroatoms. The van der Waals surface area contributed by atoms with Gasteiger partial charge in [0.15, 0.2) is 5.82 Å². The van der Waals surface area contributed by atoms with E-state index in [4.69, 9.17) is 23.1 Å². The maximum atomic E-state index is 13.3. The van der Waals surface area contributed by atoms with E-state index in [9.17, 15) is 28.8 Å². The normalized spacial score (nSPS) is 17.4. The third kappa shape index (κ3) is 11.3. The van der Waals surface area contributed by atoms with Crippen molar-refractivity contribution in [3.8, 4) is 0 Å². The number of nitrogens with zero attached hydrogens (tertiary/aromatic N) is 4. The number of nitrogens with two attached hydrogens (primary N) is 2. The van der Waals surface area contributed by atoms with Gasteiger partial charge in [0, 0.05) is 48.7 Å². The van der Waals surface area contributed by atoms with Crippen LogP contribution in [0.15, 0.2) is 52.5 Å². The van der Waals surface area contributed by atoms with Gasteiger partial charge in [-0.05, 0) is 63.3 Å². The first-order chi connectivity index (χ1) is 28.8. The van der Waals surface area contributed by atoms with Crippen LogP contribution in [-0.4, -0.2) is 88.1 Å². The lowest BCUT2D eigenvalue weighted by molar-refractivity contribution is -0.136. The summed E-state index contributed by atoms with van der Waals surface area (Å²) in [5.74, 6) is -1.94. The number of carbonyl (C=O) groups excluding carboxylic acids is 6. The Morgan fingerprint density at radius 1 is 0.917 bits per heavy atom. The summed E-state index contributed by atoms with van der Waals surface area (Å²) in [5, 5.41) is 11.9. The molecule has 0 saturated carbocycles. The average molecular weight is 861 g/mol. The average Bonchev–Trinajstić information content (AvgIpc) is 3.46. The van der Waals surface area contributed by atoms with E-state index in [1.54, 1.807) is 42.6 Å². The second kappa shape index (κ2) is 20.3. The lowest BCUT2D eigenvalue weighted by Crippen LogP contribution is -2.54. The Morgan fingerprint density at radius 3 is 2.28 bits per heavy atom. The molecule has 2 saturated heterocycles. The number of rotatable bonds is 19. The number of aromatic nitrogens is 2. The van der Waals surface area contributed by atoms with Crippen LogP contribution >= 0.6 is 23.4 Å². The third-order valence-electron chi connectivity index (χ3n) is 11.0. The summed E-state index contributed by atoms with van der Waals surface area (Å²) in [7, 11) is 0. The highest BCUT2D eigenvalue weighted by Gasteiger charge is 2.45. The minimum Gasteiger partial charge on any atom is -0.384 e. The Hall–Kier alpha value is -5.26. The minimum absolute atomic E-state index is 0.0744. The van der Waals surface area contributed by atoms with E-state index < -0.39 is 35.6 Å². The van der Waals surface area contributed by atoms with Gasteiger partial charge in [-0.25, -0.2) is 9.97 Å². The first-order valence-corrected chi connectivity index (χ1v) is 21.8. The second-order valence-corrected chi connectivity index (χ2v) is 17.2. The maximum absolute atomic E-state index is 13.3. The SMILES string of the molecule is CC1(N)CCN(c2cnc(Sc3cccc(NC(=O)CC(=O)NCCCCCCCCCCNc4cccc5c4C(=O)N(C4CCC(=O)NC4=O)C5=O)c3Cl)c(N)n2)CC1. The number of imide groups is 2. The van der Waals surface area contributed by atoms with Gasteiger partial charge in [-0.2, -0.15) is 0 Å². The van der Waals surface area contributed by atoms with E-state index >= 15 is 0 Å². The number of hydrogen-bond acceptors (Lipinski definition) is 13. The zero-order valence-corrected chi connectivity index (χ0v) is 35.4. The van der Waals surface area contributed by atoms with Gasteiger partial charge in [-0.3, -0.25) is 39.0 Å². The summed E-state index contributed by atoms with van der Waals surface area (Å²) in [6.45, 7) is 4.72. The number of nitrogens with one attached hydrogen (secondary N) is 4. The highest BCUT2D eigenvalue weighted by atomic mass is 35.5. The van der Waals surface area contributed by atoms with Gasteiger partial charge in [0.05, 0.1) is 28.0 Å². The molecule has 0 spiro atoms. The Labute approximate surface area is 358 Å². The van der Waals surface area contributed by atoms with Gasteiger partial charge in [0.2, 0.25) is 23.6 Å². The molecule has 6 rings (SSSR count). The molecule has 3 aliphatic rings. The Kier molecular flexibility index (Phi) is 15.0. The number of fused-ring (bicyclic) bond motifs is 1. The standard InChI is InChI=1S/C42H53ClN10O6S/c1-42(45)18-22-52(23-19-42)31-25-48-39(37(44)50-31)60-30-15-11-14-28(36(30)43)49-34(56)24-33(55)47-21-9-7-5-3-2-4-6-8-20-46-27-13-10-12-26-35(27)41(59)53(40(26)58)29-16-17-32(54)51-38(29)57/h10-15,25,29,46H,2-9,16-24,45H2,1H3,(H2,44,50)(H,47,55)(H,49,56)(H,51,54,57). The fourth-order valence-electron chi connectivity index (χ4n) is 7.48. The van der Waals surface area contributed by atoms with Gasteiger partial charge in [0.1, 0.15) is 23.3 Å². The molecular weight excluding hydrogens is 808 g/mol. The Morgan fingerprint density at radius 2 is 1.58 bits per heavy atom. The fraction of sp³-hybridized carbons (Fsp3) is 0.476. The number of halogens is 1. The van der Waals surface area contributed by atoms with E-state index in [0.717, 1.165) is 82.2 Å². The highest BCUT2D eigenvalue weighted by Crippen LogP contribution is 2.39. The molecule has 0 radical (unpaired) electrons. The summed E-state index contributed by atoms with van der Waals surface area (Å²) >= 11 is 7.90. The molecule has 2 fully saturated rings. The molecular formula is C42H53ClN10O6S. The number of nitrogen functional groups attached to an aromatic ring is 1. The Balaban J connectivity index is 0.815. The molecule has 320 valence electrons. The van der Waals surface area contributed by atoms with Crippen molar-refractivity contribution in [2.24, 2.45) is 5.73 Å². The van der Waals surface area contributed by atoms with E-state index in [0.29, 0.717) is 45.2 Å². The first kappa shape index (κ1) is 44.3. The molecule has 2 aromatic carbocycles. The van der Waals surface area contributed by atoms with Crippen LogP contribution in [0.2, 0.25) is 5.02 Å². The van der Waals surface area contributed by atoms with Crippen LogP contribution in [0.1, 0.15) is 111 Å². The number of unbranched alkanes of at least 4 members (excludes halogenated alkanes) is 7. The van der Waals surface area contributed by atoms with E-state index in [1.165, 1.54) is 11.8 Å². The second-order valence-electron chi connectivity index (χ2n) is 15.8. The molecule has 0 bridgehead atoms. The van der Waals surface area contributed by atoms with Crippen LogP contribution in [0.25, 0.3) is 0 Å². The van der Waals surface area contributed by atoms with Crippen molar-refractivity contribution in [2.45, 2.75) is 112 Å². The van der Waals surface area contributed by atoms with E-state index in [-0.39, 0.29) is 47.7 Å². The molecule has 0 aliphatic carbocycles. The van der Waals surface area contributed by atoms with Crippen LogP contribution in [0, 0.1) is 0 Å². The number of piperidine rings is 2. The van der Waals surface area contributed by atoms with Gasteiger partial charge >= 0.3 is 0 Å². The van der Waals surface area contributed by atoms with Crippen LogP contribution < -0.4 is 37.6 Å². The lowest BCUT2D eigenvalue weighted by atomic mass is 9.91. The Bertz CT molecular complexity index is 2110. The molecule has 16 nitrogen and oxygen atoms in total. The number of hydrogen-bond donors (Lipinski definition) is 6. The molecule has 60 heavy (non-hydrogen) atoms. The van der Waals surface area contributed by atoms with Crippen LogP contribution in [-0.2, 0) is 19.2 Å². The quantitative estimate of drug-likeness (QED) is 0.0514. The van der Waals surface area contributed by atoms with Crippen LogP contribution in [0.4, 0.5) is 23.0 Å². The summed E-state index contributed by atoms with van der Waals surface area (Å²) in [4.78, 5) is 88.3. The minimum atomic E-state index is -0.995. The lowest BCUT2D eigenvalue weighted by Gasteiger charge is -2.37. The van der Waals surface area contributed by atoms with Crippen molar-refractivity contribution in [2.75, 3.05) is 47.4 Å². The smallest absolute Gasteiger partial charge is 0.264 e. The number of benzene rings is 2. The van der Waals surface area contributed by atoms with Crippen molar-refractivity contribution >= 4 is 81.8 Å². The van der Waals surface area contributed by atoms with Gasteiger partial charge in [-0.15, -0.1) is 0 Å². The monoisotopic (exact) mass is 860 g/mol.